The smallest absolute Gasteiger partial charge is 0.295 e. The molecule has 0 aliphatic heterocycles. The van der Waals surface area contributed by atoms with Gasteiger partial charge in [0.1, 0.15) is 0 Å². The third kappa shape index (κ3) is 3.10. The highest BCUT2D eigenvalue weighted by Gasteiger charge is 2.18. The second kappa shape index (κ2) is 5.93. The van der Waals surface area contributed by atoms with E-state index >= 15 is 0 Å². The first kappa shape index (κ1) is 17.0. The zero-order chi connectivity index (χ0) is 18.4. The number of fused-ring (bicyclic) bond motifs is 1. The predicted octanol–water partition coefficient (Wildman–Crippen LogP) is 4.23. The molecule has 25 heavy (non-hydrogen) atoms. The first-order chi connectivity index (χ1) is 11.7. The van der Waals surface area contributed by atoms with Gasteiger partial charge in [0.2, 0.25) is 0 Å². The van der Waals surface area contributed by atoms with Crippen LogP contribution in [-0.2, 0) is 13.6 Å². The van der Waals surface area contributed by atoms with Crippen LogP contribution in [0.2, 0.25) is 0 Å². The average molecular weight is 333 g/mol. The van der Waals surface area contributed by atoms with Crippen LogP contribution in [0.25, 0.3) is 22.2 Å². The van der Waals surface area contributed by atoms with E-state index in [0.29, 0.717) is 12.1 Å². The molecule has 0 fully saturated rings. The van der Waals surface area contributed by atoms with Gasteiger partial charge in [0, 0.05) is 13.6 Å². The zero-order valence-electron chi connectivity index (χ0n) is 15.4. The Kier molecular flexibility index (Phi) is 4.04. The lowest BCUT2D eigenvalue weighted by Gasteiger charge is -2.18. The molecule has 0 bridgehead atoms. The fourth-order valence-electron chi connectivity index (χ4n) is 3.20. The summed E-state index contributed by atoms with van der Waals surface area (Å²) in [6.45, 7) is 9.01. The van der Waals surface area contributed by atoms with Gasteiger partial charge >= 0.3 is 5.69 Å². The molecule has 0 aliphatic rings. The molecule has 0 spiro atoms. The Balaban J connectivity index is 2.22. The Morgan fingerprint density at radius 2 is 1.80 bits per heavy atom. The van der Waals surface area contributed by atoms with Crippen LogP contribution in [0.15, 0.2) is 41.2 Å². The molecule has 4 nitrogen and oxygen atoms in total. The van der Waals surface area contributed by atoms with Crippen molar-refractivity contribution in [2.24, 2.45) is 12.5 Å². The van der Waals surface area contributed by atoms with Gasteiger partial charge in [-0.25, -0.2) is 4.79 Å². The Hall–Kier alpha value is -2.80. The topological polar surface area (TPSA) is 50.7 Å². The monoisotopic (exact) mass is 333 g/mol. The molecule has 1 heterocycles. The van der Waals surface area contributed by atoms with E-state index in [1.807, 2.05) is 47.9 Å². The quantitative estimate of drug-likeness (QED) is 0.704. The summed E-state index contributed by atoms with van der Waals surface area (Å²) < 4.78 is 3.52. The van der Waals surface area contributed by atoms with E-state index in [1.54, 1.807) is 11.6 Å². The molecule has 0 amide bonds. The largest absolute Gasteiger partial charge is 0.328 e. The SMILES string of the molecule is Cc1ccc(-c2ccc3c(c2)n(C)c(=O)n3CC(C)(C)C)c(C#N)c1. The summed E-state index contributed by atoms with van der Waals surface area (Å²) in [4.78, 5) is 12.7. The summed E-state index contributed by atoms with van der Waals surface area (Å²) in [5, 5.41) is 9.44. The minimum absolute atomic E-state index is 0.00788. The molecule has 3 aromatic rings. The van der Waals surface area contributed by atoms with Crippen LogP contribution in [0.5, 0.6) is 0 Å². The van der Waals surface area contributed by atoms with Gasteiger partial charge in [-0.15, -0.1) is 0 Å². The molecule has 0 N–H and O–H groups in total. The Morgan fingerprint density at radius 1 is 1.08 bits per heavy atom. The Labute approximate surface area is 147 Å². The van der Waals surface area contributed by atoms with E-state index < -0.39 is 0 Å². The van der Waals surface area contributed by atoms with Gasteiger partial charge in [0.25, 0.3) is 0 Å². The van der Waals surface area contributed by atoms with Gasteiger partial charge < -0.3 is 0 Å². The lowest BCUT2D eigenvalue weighted by Crippen LogP contribution is -2.27. The molecule has 4 heteroatoms. The summed E-state index contributed by atoms with van der Waals surface area (Å²) in [6, 6.07) is 14.1. The first-order valence-corrected chi connectivity index (χ1v) is 8.42. The maximum absolute atomic E-state index is 12.7. The standard InChI is InChI=1S/C21H23N3O/c1-14-6-8-17(16(10-14)12-22)15-7-9-18-19(11-15)23(5)20(25)24(18)13-21(2,3)4/h6-11H,13H2,1-5H3. The van der Waals surface area contributed by atoms with Crippen molar-refractivity contribution < 1.29 is 0 Å². The summed E-state index contributed by atoms with van der Waals surface area (Å²) in [6.07, 6.45) is 0. The second-order valence-electron chi connectivity index (χ2n) is 7.85. The van der Waals surface area contributed by atoms with Gasteiger partial charge in [0.05, 0.1) is 22.7 Å². The van der Waals surface area contributed by atoms with Crippen molar-refractivity contribution in [2.45, 2.75) is 34.2 Å². The van der Waals surface area contributed by atoms with Crippen LogP contribution in [-0.4, -0.2) is 9.13 Å². The minimum atomic E-state index is -0.00788. The Bertz CT molecular complexity index is 1060. The number of aryl methyl sites for hydroxylation is 2. The van der Waals surface area contributed by atoms with Crippen molar-refractivity contribution in [1.29, 1.82) is 5.26 Å². The number of hydrogen-bond donors (Lipinski definition) is 0. The fraction of sp³-hybridized carbons (Fsp3) is 0.333. The molecule has 3 rings (SSSR count). The number of nitriles is 1. The van der Waals surface area contributed by atoms with Gasteiger partial charge in [-0.2, -0.15) is 5.26 Å². The van der Waals surface area contributed by atoms with Crippen LogP contribution < -0.4 is 5.69 Å². The summed E-state index contributed by atoms with van der Waals surface area (Å²) in [7, 11) is 1.80. The number of benzene rings is 2. The maximum Gasteiger partial charge on any atom is 0.328 e. The molecule has 128 valence electrons. The van der Waals surface area contributed by atoms with Crippen molar-refractivity contribution in [3.05, 3.63) is 58.0 Å². The summed E-state index contributed by atoms with van der Waals surface area (Å²) in [5.74, 6) is 0. The van der Waals surface area contributed by atoms with Crippen LogP contribution in [0.4, 0.5) is 0 Å². The summed E-state index contributed by atoms with van der Waals surface area (Å²) >= 11 is 0. The van der Waals surface area contributed by atoms with Crippen LogP contribution >= 0.6 is 0 Å². The lowest BCUT2D eigenvalue weighted by molar-refractivity contribution is 0.342. The first-order valence-electron chi connectivity index (χ1n) is 8.42. The van der Waals surface area contributed by atoms with E-state index in [-0.39, 0.29) is 11.1 Å². The molecule has 2 aromatic carbocycles. The molecule has 0 unspecified atom stereocenters. The molecular formula is C21H23N3O. The molecule has 0 aliphatic carbocycles. The van der Waals surface area contributed by atoms with Crippen LogP contribution in [0.3, 0.4) is 0 Å². The van der Waals surface area contributed by atoms with Crippen LogP contribution in [0.1, 0.15) is 31.9 Å². The molecular weight excluding hydrogens is 310 g/mol. The summed E-state index contributed by atoms with van der Waals surface area (Å²) in [5.41, 5.74) is 5.38. The number of imidazole rings is 1. The van der Waals surface area contributed by atoms with E-state index in [1.165, 1.54) is 0 Å². The third-order valence-corrected chi connectivity index (χ3v) is 4.38. The highest BCUT2D eigenvalue weighted by Crippen LogP contribution is 2.28. The molecule has 0 saturated carbocycles. The van der Waals surface area contributed by atoms with Gasteiger partial charge in [-0.05, 0) is 47.2 Å². The molecule has 0 atom stereocenters. The fourth-order valence-corrected chi connectivity index (χ4v) is 3.20. The van der Waals surface area contributed by atoms with Crippen molar-refractivity contribution in [2.75, 3.05) is 0 Å². The average Bonchev–Trinajstić information content (AvgIpc) is 2.78. The molecule has 0 radical (unpaired) electrons. The van der Waals surface area contributed by atoms with Gasteiger partial charge in [-0.1, -0.05) is 39.0 Å². The van der Waals surface area contributed by atoms with E-state index in [2.05, 4.69) is 26.8 Å². The van der Waals surface area contributed by atoms with Crippen molar-refractivity contribution in [3.8, 4) is 17.2 Å². The maximum atomic E-state index is 12.7. The van der Waals surface area contributed by atoms with E-state index in [9.17, 15) is 10.1 Å². The number of aromatic nitrogens is 2. The van der Waals surface area contributed by atoms with Gasteiger partial charge in [-0.3, -0.25) is 9.13 Å². The second-order valence-corrected chi connectivity index (χ2v) is 7.85. The predicted molar refractivity (Wildman–Crippen MR) is 102 cm³/mol. The number of hydrogen-bond acceptors (Lipinski definition) is 2. The third-order valence-electron chi connectivity index (χ3n) is 4.38. The Morgan fingerprint density at radius 3 is 2.44 bits per heavy atom. The van der Waals surface area contributed by atoms with Crippen molar-refractivity contribution in [3.63, 3.8) is 0 Å². The van der Waals surface area contributed by atoms with E-state index in [4.69, 9.17) is 0 Å². The van der Waals surface area contributed by atoms with Crippen molar-refractivity contribution >= 4 is 11.0 Å². The normalized spacial score (nSPS) is 11.7. The molecule has 0 saturated heterocycles. The minimum Gasteiger partial charge on any atom is -0.295 e. The highest BCUT2D eigenvalue weighted by atomic mass is 16.1. The lowest BCUT2D eigenvalue weighted by atomic mass is 9.96. The zero-order valence-corrected chi connectivity index (χ0v) is 15.4. The number of nitrogens with zero attached hydrogens (tertiary/aromatic N) is 3. The van der Waals surface area contributed by atoms with Gasteiger partial charge in [0.15, 0.2) is 0 Å². The van der Waals surface area contributed by atoms with E-state index in [0.717, 1.165) is 27.7 Å². The van der Waals surface area contributed by atoms with Crippen LogP contribution in [0, 0.1) is 23.7 Å². The highest BCUT2D eigenvalue weighted by molar-refractivity contribution is 5.84. The molecule has 1 aromatic heterocycles. The van der Waals surface area contributed by atoms with Crippen molar-refractivity contribution in [1.82, 2.24) is 9.13 Å². The number of rotatable bonds is 2.